The Bertz CT molecular complexity index is 822. The van der Waals surface area contributed by atoms with Crippen LogP contribution in [0.15, 0.2) is 16.7 Å². The van der Waals surface area contributed by atoms with Crippen molar-refractivity contribution in [3.8, 4) is 0 Å². The van der Waals surface area contributed by atoms with Gasteiger partial charge in [0.05, 0.1) is 5.54 Å². The first-order valence-electron chi connectivity index (χ1n) is 8.53. The Morgan fingerprint density at radius 1 is 1.40 bits per heavy atom. The van der Waals surface area contributed by atoms with Gasteiger partial charge in [-0.2, -0.15) is 5.10 Å². The zero-order valence-electron chi connectivity index (χ0n) is 14.3. The minimum absolute atomic E-state index is 0.175. The highest BCUT2D eigenvalue weighted by Crippen LogP contribution is 2.39. The number of hydrogen-bond donors (Lipinski definition) is 2. The van der Waals surface area contributed by atoms with Gasteiger partial charge in [-0.15, -0.1) is 0 Å². The molecule has 8 heteroatoms. The van der Waals surface area contributed by atoms with Crippen molar-refractivity contribution in [2.24, 2.45) is 0 Å². The molecule has 3 heterocycles. The van der Waals surface area contributed by atoms with Gasteiger partial charge in [0, 0.05) is 31.6 Å². The molecule has 2 aromatic rings. The van der Waals surface area contributed by atoms with Crippen LogP contribution < -0.4 is 5.32 Å². The predicted molar refractivity (Wildman–Crippen MR) is 88.2 cm³/mol. The molecule has 2 N–H and O–H groups in total. The van der Waals surface area contributed by atoms with E-state index in [2.05, 4.69) is 20.5 Å². The summed E-state index contributed by atoms with van der Waals surface area (Å²) in [6.45, 7) is 4.64. The van der Waals surface area contributed by atoms with Crippen molar-refractivity contribution >= 4 is 11.8 Å². The number of likely N-dealkylation sites (tertiary alicyclic amines) is 1. The maximum Gasteiger partial charge on any atom is 0.275 e. The van der Waals surface area contributed by atoms with Crippen LogP contribution in [0.5, 0.6) is 0 Å². The molecule has 2 fully saturated rings. The van der Waals surface area contributed by atoms with E-state index in [4.69, 9.17) is 4.42 Å². The van der Waals surface area contributed by atoms with Gasteiger partial charge in [-0.25, -0.2) is 4.98 Å². The quantitative estimate of drug-likeness (QED) is 0.878. The summed E-state index contributed by atoms with van der Waals surface area (Å²) in [4.78, 5) is 30.7. The van der Waals surface area contributed by atoms with Gasteiger partial charge in [0.2, 0.25) is 0 Å². The van der Waals surface area contributed by atoms with Crippen LogP contribution in [0.3, 0.4) is 0 Å². The smallest absolute Gasteiger partial charge is 0.275 e. The molecule has 0 aromatic carbocycles. The van der Waals surface area contributed by atoms with Crippen molar-refractivity contribution in [3.05, 3.63) is 35.3 Å². The van der Waals surface area contributed by atoms with Crippen molar-refractivity contribution in [2.45, 2.75) is 44.6 Å². The van der Waals surface area contributed by atoms with Gasteiger partial charge in [-0.05, 0) is 32.3 Å². The average molecular weight is 343 g/mol. The molecule has 0 spiro atoms. The average Bonchev–Trinajstić information content (AvgIpc) is 2.98. The summed E-state index contributed by atoms with van der Waals surface area (Å²) in [7, 11) is 0. The van der Waals surface area contributed by atoms with E-state index in [1.54, 1.807) is 11.8 Å². The van der Waals surface area contributed by atoms with Crippen molar-refractivity contribution < 1.29 is 14.0 Å². The number of amides is 2. The Hall–Kier alpha value is -2.64. The summed E-state index contributed by atoms with van der Waals surface area (Å²) < 4.78 is 5.11. The first-order valence-corrected chi connectivity index (χ1v) is 8.53. The number of H-pyrrole nitrogens is 1. The molecule has 1 saturated carbocycles. The van der Waals surface area contributed by atoms with E-state index in [0.29, 0.717) is 42.7 Å². The Morgan fingerprint density at radius 3 is 2.88 bits per heavy atom. The number of aromatic amines is 1. The molecule has 1 unspecified atom stereocenters. The molecule has 132 valence electrons. The molecule has 2 aliphatic rings. The van der Waals surface area contributed by atoms with Gasteiger partial charge >= 0.3 is 0 Å². The van der Waals surface area contributed by atoms with Gasteiger partial charge in [-0.1, -0.05) is 0 Å². The Morgan fingerprint density at radius 2 is 2.20 bits per heavy atom. The summed E-state index contributed by atoms with van der Waals surface area (Å²) in [5, 5.41) is 10.1. The van der Waals surface area contributed by atoms with E-state index < -0.39 is 5.54 Å². The van der Waals surface area contributed by atoms with Crippen LogP contribution in [0.1, 0.15) is 64.7 Å². The largest absolute Gasteiger partial charge is 0.448 e. The van der Waals surface area contributed by atoms with Crippen LogP contribution in [-0.4, -0.2) is 50.5 Å². The lowest BCUT2D eigenvalue weighted by Gasteiger charge is -2.25. The monoisotopic (exact) mass is 343 g/mol. The van der Waals surface area contributed by atoms with Gasteiger partial charge in [-0.3, -0.25) is 14.7 Å². The first kappa shape index (κ1) is 15.9. The van der Waals surface area contributed by atoms with Crippen LogP contribution in [0.25, 0.3) is 0 Å². The molecule has 4 rings (SSSR count). The number of carbonyl (C=O) groups is 2. The number of hydrogen-bond acceptors (Lipinski definition) is 5. The summed E-state index contributed by atoms with van der Waals surface area (Å²) in [5.74, 6) is 0.599. The minimum Gasteiger partial charge on any atom is -0.448 e. The van der Waals surface area contributed by atoms with Crippen LogP contribution >= 0.6 is 0 Å². The molecule has 0 radical (unpaired) electrons. The summed E-state index contributed by atoms with van der Waals surface area (Å²) in [6.07, 6.45) is 4.36. The minimum atomic E-state index is -0.482. The van der Waals surface area contributed by atoms with Crippen LogP contribution in [-0.2, 0) is 0 Å². The number of nitrogens with zero attached hydrogens (tertiary/aromatic N) is 3. The maximum atomic E-state index is 12.5. The molecule has 1 aliphatic heterocycles. The predicted octanol–water partition coefficient (Wildman–Crippen LogP) is 1.62. The molecule has 1 aliphatic carbocycles. The molecule has 25 heavy (non-hydrogen) atoms. The van der Waals surface area contributed by atoms with Gasteiger partial charge in [0.1, 0.15) is 12.0 Å². The summed E-state index contributed by atoms with van der Waals surface area (Å²) in [5.41, 5.74) is 1.25. The standard InChI is InChI=1S/C17H21N5O3/c1-10-18-14(8-25-10)16(24)22-6-5-17(2,9-22)19-15(23)13-7-12(20-21-13)11-3-4-11/h7-8,11H,3-6,9H2,1-2H3,(H,19,23)(H,20,21). The number of aromatic nitrogens is 3. The molecule has 8 nitrogen and oxygen atoms in total. The number of rotatable bonds is 4. The third-order valence-electron chi connectivity index (χ3n) is 4.86. The van der Waals surface area contributed by atoms with E-state index in [9.17, 15) is 9.59 Å². The van der Waals surface area contributed by atoms with Crippen LogP contribution in [0, 0.1) is 6.92 Å². The summed E-state index contributed by atoms with van der Waals surface area (Å²) in [6, 6.07) is 1.83. The number of oxazole rings is 1. The van der Waals surface area contributed by atoms with Crippen molar-refractivity contribution in [2.75, 3.05) is 13.1 Å². The van der Waals surface area contributed by atoms with Crippen LogP contribution in [0.2, 0.25) is 0 Å². The second-order valence-corrected chi connectivity index (χ2v) is 7.23. The number of nitrogens with one attached hydrogen (secondary N) is 2. The highest BCUT2D eigenvalue weighted by atomic mass is 16.3. The van der Waals surface area contributed by atoms with Gasteiger partial charge in [0.25, 0.3) is 11.8 Å². The zero-order valence-corrected chi connectivity index (χ0v) is 14.3. The number of aryl methyl sites for hydroxylation is 1. The number of carbonyl (C=O) groups excluding carboxylic acids is 2. The van der Waals surface area contributed by atoms with Gasteiger partial charge < -0.3 is 14.6 Å². The molecular weight excluding hydrogens is 322 g/mol. The molecule has 2 amide bonds. The second kappa shape index (κ2) is 5.72. The van der Waals surface area contributed by atoms with Crippen molar-refractivity contribution in [1.82, 2.24) is 25.4 Å². The Kier molecular flexibility index (Phi) is 3.63. The lowest BCUT2D eigenvalue weighted by molar-refractivity contribution is 0.0763. The van der Waals surface area contributed by atoms with Gasteiger partial charge in [0.15, 0.2) is 11.6 Å². The molecule has 1 saturated heterocycles. The third kappa shape index (κ3) is 3.16. The van der Waals surface area contributed by atoms with Crippen LogP contribution in [0.4, 0.5) is 0 Å². The highest BCUT2D eigenvalue weighted by Gasteiger charge is 2.39. The lowest BCUT2D eigenvalue weighted by Crippen LogP contribution is -2.48. The maximum absolute atomic E-state index is 12.5. The third-order valence-corrected chi connectivity index (χ3v) is 4.86. The SMILES string of the molecule is Cc1nc(C(=O)N2CCC(C)(NC(=O)c3cc(C4CC4)[nH]n3)C2)co1. The lowest BCUT2D eigenvalue weighted by atomic mass is 10.0. The summed E-state index contributed by atoms with van der Waals surface area (Å²) >= 11 is 0. The second-order valence-electron chi connectivity index (χ2n) is 7.23. The topological polar surface area (TPSA) is 104 Å². The molecule has 1 atom stereocenters. The fraction of sp³-hybridized carbons (Fsp3) is 0.529. The van der Waals surface area contributed by atoms with E-state index in [-0.39, 0.29) is 11.8 Å². The van der Waals surface area contributed by atoms with E-state index in [0.717, 1.165) is 18.5 Å². The molecular formula is C17H21N5O3. The molecule has 2 aromatic heterocycles. The normalized spacial score (nSPS) is 23.0. The molecule has 0 bridgehead atoms. The Labute approximate surface area is 145 Å². The fourth-order valence-electron chi connectivity index (χ4n) is 3.25. The highest BCUT2D eigenvalue weighted by molar-refractivity contribution is 5.94. The van der Waals surface area contributed by atoms with E-state index >= 15 is 0 Å². The van der Waals surface area contributed by atoms with E-state index in [1.807, 2.05) is 13.0 Å². The first-order chi connectivity index (χ1) is 11.9. The Balaban J connectivity index is 1.40. The van der Waals surface area contributed by atoms with E-state index in [1.165, 1.54) is 6.26 Å². The fourth-order valence-corrected chi connectivity index (χ4v) is 3.25. The van der Waals surface area contributed by atoms with Crippen molar-refractivity contribution in [1.29, 1.82) is 0 Å². The van der Waals surface area contributed by atoms with Crippen molar-refractivity contribution in [3.63, 3.8) is 0 Å². The zero-order chi connectivity index (χ0) is 17.6.